The highest BCUT2D eigenvalue weighted by molar-refractivity contribution is 5.61. The average Bonchev–Trinajstić information content (AvgIpc) is 2.27. The van der Waals surface area contributed by atoms with Crippen molar-refractivity contribution in [1.29, 1.82) is 0 Å². The van der Waals surface area contributed by atoms with Crippen molar-refractivity contribution >= 4 is 11.4 Å². The van der Waals surface area contributed by atoms with Gasteiger partial charge < -0.3 is 10.1 Å². The third kappa shape index (κ3) is 4.05. The van der Waals surface area contributed by atoms with Crippen molar-refractivity contribution in [2.24, 2.45) is 0 Å². The zero-order valence-corrected chi connectivity index (χ0v) is 10.2. The number of pyridine rings is 1. The van der Waals surface area contributed by atoms with E-state index in [9.17, 15) is 23.3 Å². The Morgan fingerprint density at radius 1 is 1.58 bits per heavy atom. The Labute approximate surface area is 106 Å². The van der Waals surface area contributed by atoms with Gasteiger partial charge in [-0.1, -0.05) is 0 Å². The molecular formula is C10H12F3N3O3. The van der Waals surface area contributed by atoms with Crippen molar-refractivity contribution in [1.82, 2.24) is 4.98 Å². The Morgan fingerprint density at radius 2 is 2.21 bits per heavy atom. The van der Waals surface area contributed by atoms with Crippen molar-refractivity contribution in [3.05, 3.63) is 28.1 Å². The van der Waals surface area contributed by atoms with Crippen LogP contribution < -0.4 is 5.32 Å². The molecule has 19 heavy (non-hydrogen) atoms. The SMILES string of the molecule is COCC(C)Nc1cc(C(F)(F)F)ncc1[N+](=O)[O-]. The van der Waals surface area contributed by atoms with Crippen LogP contribution in [0.5, 0.6) is 0 Å². The maximum Gasteiger partial charge on any atom is 0.433 e. The molecule has 6 nitrogen and oxygen atoms in total. The first-order valence-electron chi connectivity index (χ1n) is 5.22. The van der Waals surface area contributed by atoms with Crippen LogP contribution in [-0.2, 0) is 10.9 Å². The maximum atomic E-state index is 12.5. The lowest BCUT2D eigenvalue weighted by Gasteiger charge is -2.15. The van der Waals surface area contributed by atoms with Crippen molar-refractivity contribution < 1.29 is 22.8 Å². The number of hydrogen-bond acceptors (Lipinski definition) is 5. The summed E-state index contributed by atoms with van der Waals surface area (Å²) in [6.07, 6.45) is -4.07. The Balaban J connectivity index is 3.12. The number of nitrogens with one attached hydrogen (secondary N) is 1. The maximum absolute atomic E-state index is 12.5. The number of rotatable bonds is 5. The van der Waals surface area contributed by atoms with Gasteiger partial charge in [-0.25, -0.2) is 4.98 Å². The second-order valence-corrected chi connectivity index (χ2v) is 3.84. The van der Waals surface area contributed by atoms with Crippen LogP contribution in [0.1, 0.15) is 12.6 Å². The quantitative estimate of drug-likeness (QED) is 0.661. The molecule has 0 aliphatic carbocycles. The van der Waals surface area contributed by atoms with Crippen LogP contribution in [0.15, 0.2) is 12.3 Å². The summed E-state index contributed by atoms with van der Waals surface area (Å²) in [5.41, 5.74) is -1.95. The number of nitro groups is 1. The van der Waals surface area contributed by atoms with E-state index in [0.29, 0.717) is 12.3 Å². The van der Waals surface area contributed by atoms with Crippen LogP contribution in [-0.4, -0.2) is 29.7 Å². The zero-order valence-electron chi connectivity index (χ0n) is 10.2. The standard InChI is InChI=1S/C10H12F3N3O3/c1-6(5-19-2)15-7-3-9(10(11,12)13)14-4-8(7)16(17)18/h3-4,6H,5H2,1-2H3,(H,14,15). The molecule has 0 radical (unpaired) electrons. The average molecular weight is 279 g/mol. The smallest absolute Gasteiger partial charge is 0.383 e. The number of aromatic nitrogens is 1. The van der Waals surface area contributed by atoms with E-state index in [1.807, 2.05) is 0 Å². The molecule has 9 heteroatoms. The number of nitrogens with zero attached hydrogens (tertiary/aromatic N) is 2. The van der Waals surface area contributed by atoms with E-state index < -0.39 is 22.5 Å². The van der Waals surface area contributed by atoms with Crippen molar-refractivity contribution in [3.8, 4) is 0 Å². The number of halogens is 3. The molecular weight excluding hydrogens is 267 g/mol. The van der Waals surface area contributed by atoms with E-state index in [4.69, 9.17) is 4.74 Å². The molecule has 0 aliphatic heterocycles. The van der Waals surface area contributed by atoms with Crippen molar-refractivity contribution in [2.75, 3.05) is 19.0 Å². The summed E-state index contributed by atoms with van der Waals surface area (Å²) in [5.74, 6) is 0. The van der Waals surface area contributed by atoms with E-state index >= 15 is 0 Å². The summed E-state index contributed by atoms with van der Waals surface area (Å²) in [6.45, 7) is 1.82. The molecule has 1 aromatic rings. The van der Waals surface area contributed by atoms with Gasteiger partial charge in [0.05, 0.1) is 11.5 Å². The molecule has 106 valence electrons. The van der Waals surface area contributed by atoms with Crippen LogP contribution in [0, 0.1) is 10.1 Å². The number of alkyl halides is 3. The molecule has 0 fully saturated rings. The second kappa shape index (κ2) is 5.83. The third-order valence-electron chi connectivity index (χ3n) is 2.19. The van der Waals surface area contributed by atoms with Crippen LogP contribution >= 0.6 is 0 Å². The molecule has 1 atom stereocenters. The summed E-state index contributed by atoms with van der Waals surface area (Å²) in [4.78, 5) is 13.0. The molecule has 1 unspecified atom stereocenters. The van der Waals surface area contributed by atoms with E-state index in [-0.39, 0.29) is 18.3 Å². The molecule has 0 saturated carbocycles. The highest BCUT2D eigenvalue weighted by Crippen LogP contribution is 2.33. The van der Waals surface area contributed by atoms with Gasteiger partial charge >= 0.3 is 11.9 Å². The first kappa shape index (κ1) is 15.2. The van der Waals surface area contributed by atoms with Crippen molar-refractivity contribution in [3.63, 3.8) is 0 Å². The lowest BCUT2D eigenvalue weighted by Crippen LogP contribution is -2.22. The summed E-state index contributed by atoms with van der Waals surface area (Å²) in [6, 6.07) is 0.233. The molecule has 0 amide bonds. The van der Waals surface area contributed by atoms with Crippen LogP contribution in [0.3, 0.4) is 0 Å². The number of hydrogen-bond donors (Lipinski definition) is 1. The molecule has 1 aromatic heterocycles. The van der Waals surface area contributed by atoms with Gasteiger partial charge in [-0.15, -0.1) is 0 Å². The minimum absolute atomic E-state index is 0.195. The normalized spacial score (nSPS) is 13.1. The van der Waals surface area contributed by atoms with Crippen LogP contribution in [0.2, 0.25) is 0 Å². The fourth-order valence-electron chi connectivity index (χ4n) is 1.42. The molecule has 0 bridgehead atoms. The first-order valence-corrected chi connectivity index (χ1v) is 5.22. The Morgan fingerprint density at radius 3 is 2.68 bits per heavy atom. The number of ether oxygens (including phenoxy) is 1. The van der Waals surface area contributed by atoms with Gasteiger partial charge in [-0.05, 0) is 13.0 Å². The molecule has 1 rings (SSSR count). The van der Waals surface area contributed by atoms with Gasteiger partial charge in [0.1, 0.15) is 17.6 Å². The molecule has 1 heterocycles. The van der Waals surface area contributed by atoms with Gasteiger partial charge in [0.25, 0.3) is 0 Å². The van der Waals surface area contributed by atoms with Crippen LogP contribution in [0.4, 0.5) is 24.5 Å². The topological polar surface area (TPSA) is 77.3 Å². The van der Waals surface area contributed by atoms with Gasteiger partial charge in [0.15, 0.2) is 0 Å². The summed E-state index contributed by atoms with van der Waals surface area (Å²) >= 11 is 0. The third-order valence-corrected chi connectivity index (χ3v) is 2.19. The van der Waals surface area contributed by atoms with Gasteiger partial charge in [-0.2, -0.15) is 13.2 Å². The molecule has 0 saturated heterocycles. The fraction of sp³-hybridized carbons (Fsp3) is 0.500. The Hall–Kier alpha value is -1.90. The Kier molecular flexibility index (Phi) is 4.65. The fourth-order valence-corrected chi connectivity index (χ4v) is 1.42. The predicted octanol–water partition coefficient (Wildman–Crippen LogP) is 2.46. The zero-order chi connectivity index (χ0) is 14.6. The molecule has 1 N–H and O–H groups in total. The number of anilines is 1. The summed E-state index contributed by atoms with van der Waals surface area (Å²) in [5, 5.41) is 13.3. The minimum Gasteiger partial charge on any atom is -0.383 e. The lowest BCUT2D eigenvalue weighted by atomic mass is 10.2. The second-order valence-electron chi connectivity index (χ2n) is 3.84. The summed E-state index contributed by atoms with van der Waals surface area (Å²) in [7, 11) is 1.42. The van der Waals surface area contributed by atoms with E-state index in [1.54, 1.807) is 6.92 Å². The van der Waals surface area contributed by atoms with E-state index in [0.717, 1.165) is 0 Å². The Bertz CT molecular complexity index is 465. The van der Waals surface area contributed by atoms with Crippen LogP contribution in [0.25, 0.3) is 0 Å². The molecule has 0 spiro atoms. The highest BCUT2D eigenvalue weighted by Gasteiger charge is 2.34. The minimum atomic E-state index is -4.66. The monoisotopic (exact) mass is 279 g/mol. The van der Waals surface area contributed by atoms with Gasteiger partial charge in [0.2, 0.25) is 0 Å². The predicted molar refractivity (Wildman–Crippen MR) is 60.9 cm³/mol. The molecule has 0 aliphatic rings. The first-order chi connectivity index (χ1) is 8.75. The number of methoxy groups -OCH3 is 1. The summed E-state index contributed by atoms with van der Waals surface area (Å²) < 4.78 is 42.3. The largest absolute Gasteiger partial charge is 0.433 e. The lowest BCUT2D eigenvalue weighted by molar-refractivity contribution is -0.384. The van der Waals surface area contributed by atoms with E-state index in [1.165, 1.54) is 7.11 Å². The van der Waals surface area contributed by atoms with Gasteiger partial charge in [-0.3, -0.25) is 10.1 Å². The molecule has 0 aromatic carbocycles. The van der Waals surface area contributed by atoms with Gasteiger partial charge in [0, 0.05) is 13.2 Å². The highest BCUT2D eigenvalue weighted by atomic mass is 19.4. The van der Waals surface area contributed by atoms with Crippen molar-refractivity contribution in [2.45, 2.75) is 19.1 Å². The van der Waals surface area contributed by atoms with E-state index in [2.05, 4.69) is 10.3 Å².